The van der Waals surface area contributed by atoms with Crippen LogP contribution in [0.4, 0.5) is 0 Å². The Morgan fingerprint density at radius 1 is 1.07 bits per heavy atom. The molecule has 0 saturated heterocycles. The molecule has 27 heavy (non-hydrogen) atoms. The van der Waals surface area contributed by atoms with Gasteiger partial charge in [-0.1, -0.05) is 41.5 Å². The molecule has 0 radical (unpaired) electrons. The third kappa shape index (κ3) is 3.75. The van der Waals surface area contributed by atoms with E-state index in [1.165, 1.54) is 18.2 Å². The van der Waals surface area contributed by atoms with Crippen LogP contribution in [0.3, 0.4) is 0 Å². The summed E-state index contributed by atoms with van der Waals surface area (Å²) < 4.78 is 0.585. The number of phenols is 1. The Morgan fingerprint density at radius 3 is 1.85 bits per heavy atom. The highest BCUT2D eigenvalue weighted by molar-refractivity contribution is 5.52. The van der Waals surface area contributed by atoms with Gasteiger partial charge in [0.15, 0.2) is 0 Å². The van der Waals surface area contributed by atoms with Crippen LogP contribution in [0.25, 0.3) is 0 Å². The Hall–Kier alpha value is -2.63. The van der Waals surface area contributed by atoms with E-state index in [2.05, 4.69) is 6.72 Å². The van der Waals surface area contributed by atoms with Gasteiger partial charge in [-0.2, -0.15) is 0 Å². The number of benzene rings is 1. The number of aromatic hydroxyl groups is 1. The molecule has 0 amide bonds. The molecule has 1 N–H and O–H groups in total. The minimum absolute atomic E-state index is 0.0432. The summed E-state index contributed by atoms with van der Waals surface area (Å²) in [6, 6.07) is 3.63. The lowest BCUT2D eigenvalue weighted by Gasteiger charge is -2.33. The summed E-state index contributed by atoms with van der Waals surface area (Å²) in [6.07, 6.45) is 4.46. The first-order valence-corrected chi connectivity index (χ1v) is 8.90. The molecule has 6 heteroatoms. The number of allylic oxidation sites excluding steroid dienone is 1. The summed E-state index contributed by atoms with van der Waals surface area (Å²) >= 11 is 0. The van der Waals surface area contributed by atoms with E-state index < -0.39 is 10.5 Å². The van der Waals surface area contributed by atoms with Crippen molar-refractivity contribution in [2.24, 2.45) is 0 Å². The first kappa shape index (κ1) is 20.7. The van der Waals surface area contributed by atoms with Gasteiger partial charge in [0.1, 0.15) is 12.5 Å². The molecule has 1 aliphatic carbocycles. The van der Waals surface area contributed by atoms with Crippen LogP contribution in [0.1, 0.15) is 64.7 Å². The smallest absolute Gasteiger partial charge is 0.265 e. The van der Waals surface area contributed by atoms with E-state index in [0.717, 1.165) is 11.1 Å². The molecule has 0 aliphatic heterocycles. The number of hydrogen-bond donors (Lipinski definition) is 1. The zero-order valence-electron chi connectivity index (χ0n) is 16.9. The van der Waals surface area contributed by atoms with Crippen molar-refractivity contribution < 1.29 is 14.8 Å². The van der Waals surface area contributed by atoms with E-state index in [0.29, 0.717) is 10.3 Å². The Morgan fingerprint density at radius 2 is 1.56 bits per heavy atom. The maximum atomic E-state index is 12.5. The molecule has 146 valence electrons. The van der Waals surface area contributed by atoms with Crippen LogP contribution >= 0.6 is 0 Å². The molecule has 0 saturated carbocycles. The van der Waals surface area contributed by atoms with Gasteiger partial charge in [-0.15, -0.1) is 0 Å². The minimum Gasteiger partial charge on any atom is -0.623 e. The van der Waals surface area contributed by atoms with Crippen molar-refractivity contribution in [3.05, 3.63) is 68.1 Å². The lowest BCUT2D eigenvalue weighted by Crippen LogP contribution is -2.36. The number of hydrogen-bond acceptors (Lipinski definition) is 4. The highest BCUT2D eigenvalue weighted by Crippen LogP contribution is 2.44. The Kier molecular flexibility index (Phi) is 4.99. The number of hydroxylamine groups is 1. The van der Waals surface area contributed by atoms with Crippen molar-refractivity contribution >= 4 is 6.72 Å². The molecule has 0 spiro atoms. The molecule has 6 nitrogen and oxygen atoms in total. The summed E-state index contributed by atoms with van der Waals surface area (Å²) in [4.78, 5) is 10.6. The van der Waals surface area contributed by atoms with Crippen LogP contribution < -0.4 is 0 Å². The fourth-order valence-corrected chi connectivity index (χ4v) is 3.33. The van der Waals surface area contributed by atoms with Gasteiger partial charge in [0.25, 0.3) is 5.70 Å². The molecule has 0 bridgehead atoms. The molecule has 1 aliphatic rings. The fourth-order valence-electron chi connectivity index (χ4n) is 3.33. The normalized spacial score (nSPS) is 20.3. The first-order valence-electron chi connectivity index (χ1n) is 8.90. The van der Waals surface area contributed by atoms with Crippen LogP contribution in [0, 0.1) is 15.3 Å². The van der Waals surface area contributed by atoms with Crippen LogP contribution in [0.5, 0.6) is 5.75 Å². The molecular formula is C21H28N2O4. The molecule has 0 heterocycles. The third-order valence-electron chi connectivity index (χ3n) is 5.03. The number of nitrogens with zero attached hydrogens (tertiary/aromatic N) is 2. The van der Waals surface area contributed by atoms with E-state index in [-0.39, 0.29) is 28.7 Å². The van der Waals surface area contributed by atoms with Gasteiger partial charge in [0, 0.05) is 35.3 Å². The van der Waals surface area contributed by atoms with E-state index >= 15 is 0 Å². The number of nitro groups is 1. The SMILES string of the molecule is C=[N+]([O-])C1(c2cc(C(C)(C)C)c(O)c(C(C)(C)C)c2)C=CC([N+](=O)[O-])=CC1. The van der Waals surface area contributed by atoms with Crippen molar-refractivity contribution in [2.75, 3.05) is 0 Å². The third-order valence-corrected chi connectivity index (χ3v) is 5.03. The average Bonchev–Trinajstić information content (AvgIpc) is 2.52. The molecule has 1 aromatic carbocycles. The van der Waals surface area contributed by atoms with Gasteiger partial charge in [0.05, 0.1) is 4.92 Å². The second-order valence-corrected chi connectivity index (χ2v) is 9.15. The van der Waals surface area contributed by atoms with E-state index in [1.807, 2.05) is 53.7 Å². The van der Waals surface area contributed by atoms with Crippen LogP contribution in [0.15, 0.2) is 36.1 Å². The van der Waals surface area contributed by atoms with Crippen molar-refractivity contribution in [1.29, 1.82) is 0 Å². The Bertz CT molecular complexity index is 819. The predicted octanol–water partition coefficient (Wildman–Crippen LogP) is 4.51. The zero-order chi connectivity index (χ0) is 20.8. The van der Waals surface area contributed by atoms with E-state index in [4.69, 9.17) is 0 Å². The largest absolute Gasteiger partial charge is 0.623 e. The summed E-state index contributed by atoms with van der Waals surface area (Å²) in [5, 5.41) is 34.4. The van der Waals surface area contributed by atoms with Crippen molar-refractivity contribution in [3.63, 3.8) is 0 Å². The van der Waals surface area contributed by atoms with Gasteiger partial charge < -0.3 is 10.3 Å². The second kappa shape index (κ2) is 6.51. The zero-order valence-corrected chi connectivity index (χ0v) is 16.9. The second-order valence-electron chi connectivity index (χ2n) is 9.15. The summed E-state index contributed by atoms with van der Waals surface area (Å²) in [5.74, 6) is 0.219. The van der Waals surface area contributed by atoms with Crippen molar-refractivity contribution in [3.8, 4) is 5.75 Å². The quantitative estimate of drug-likeness (QED) is 0.278. The topological polar surface area (TPSA) is 89.4 Å². The van der Waals surface area contributed by atoms with E-state index in [9.17, 15) is 20.4 Å². The summed E-state index contributed by atoms with van der Waals surface area (Å²) in [7, 11) is 0. The predicted molar refractivity (Wildman–Crippen MR) is 107 cm³/mol. The first-order chi connectivity index (χ1) is 12.2. The monoisotopic (exact) mass is 372 g/mol. The van der Waals surface area contributed by atoms with Gasteiger partial charge in [-0.3, -0.25) is 10.1 Å². The fraction of sp³-hybridized carbons (Fsp3) is 0.476. The summed E-state index contributed by atoms with van der Waals surface area (Å²) in [5.41, 5.74) is 0.209. The van der Waals surface area contributed by atoms with Crippen LogP contribution in [-0.2, 0) is 16.4 Å². The van der Waals surface area contributed by atoms with E-state index in [1.54, 1.807) is 0 Å². The Balaban J connectivity index is 2.78. The highest BCUT2D eigenvalue weighted by atomic mass is 16.6. The van der Waals surface area contributed by atoms with Gasteiger partial charge in [-0.05, 0) is 29.0 Å². The van der Waals surface area contributed by atoms with Gasteiger partial charge in [0.2, 0.25) is 5.54 Å². The van der Waals surface area contributed by atoms with Crippen LogP contribution in [0.2, 0.25) is 0 Å². The standard InChI is InChI=1S/C21H28N2O4/c1-19(2,3)16-12-14(13-17(18(16)24)20(4,5)6)21(22(7)25)10-8-15(9-11-21)23(26)27/h8-10,12-13,24H,7,11H2,1-6H3. The minimum atomic E-state index is -1.16. The average molecular weight is 372 g/mol. The molecule has 0 fully saturated rings. The molecular weight excluding hydrogens is 344 g/mol. The highest BCUT2D eigenvalue weighted by Gasteiger charge is 2.42. The molecule has 2 rings (SSSR count). The lowest BCUT2D eigenvalue weighted by atomic mass is 9.74. The van der Waals surface area contributed by atoms with Gasteiger partial charge >= 0.3 is 0 Å². The van der Waals surface area contributed by atoms with Gasteiger partial charge in [-0.25, -0.2) is 4.74 Å². The molecule has 1 unspecified atom stereocenters. The number of rotatable bonds is 3. The molecule has 1 aromatic rings. The summed E-state index contributed by atoms with van der Waals surface area (Å²) in [6.45, 7) is 15.5. The number of phenolic OH excluding ortho intramolecular Hbond substituents is 1. The molecule has 1 atom stereocenters. The Labute approximate surface area is 160 Å². The van der Waals surface area contributed by atoms with Crippen LogP contribution in [-0.4, -0.2) is 21.5 Å². The maximum absolute atomic E-state index is 12.5. The van der Waals surface area contributed by atoms with Crippen molar-refractivity contribution in [1.82, 2.24) is 0 Å². The molecule has 0 aromatic heterocycles. The van der Waals surface area contributed by atoms with Crippen molar-refractivity contribution in [2.45, 2.75) is 64.3 Å². The maximum Gasteiger partial charge on any atom is 0.265 e. The lowest BCUT2D eigenvalue weighted by molar-refractivity contribution is -0.536.